The maximum Gasteiger partial charge on any atom is 0.433 e. The zero-order valence-corrected chi connectivity index (χ0v) is 11.7. The lowest BCUT2D eigenvalue weighted by molar-refractivity contribution is -0.141. The minimum atomic E-state index is -4.55. The van der Waals surface area contributed by atoms with Crippen LogP contribution in [0.2, 0.25) is 0 Å². The maximum atomic E-state index is 12.8. The molecule has 7 heteroatoms. The Kier molecular flexibility index (Phi) is 4.39. The van der Waals surface area contributed by atoms with Gasteiger partial charge in [-0.2, -0.15) is 13.2 Å². The Bertz CT molecular complexity index is 531. The fourth-order valence-electron chi connectivity index (χ4n) is 2.49. The van der Waals surface area contributed by atoms with Crippen LogP contribution >= 0.6 is 0 Å². The molecule has 1 heterocycles. The van der Waals surface area contributed by atoms with E-state index in [-0.39, 0.29) is 29.3 Å². The first-order valence-corrected chi connectivity index (χ1v) is 6.88. The number of hydrogen-bond donors (Lipinski definition) is 2. The number of ether oxygens (including phenoxy) is 1. The summed E-state index contributed by atoms with van der Waals surface area (Å²) in [5, 5.41) is 7.45. The van der Waals surface area contributed by atoms with Crippen LogP contribution in [0.3, 0.4) is 0 Å². The Morgan fingerprint density at radius 1 is 1.33 bits per heavy atom. The van der Waals surface area contributed by atoms with Gasteiger partial charge in [0.15, 0.2) is 0 Å². The number of alkyl halides is 3. The van der Waals surface area contributed by atoms with E-state index >= 15 is 0 Å². The summed E-state index contributed by atoms with van der Waals surface area (Å²) in [6.45, 7) is 2.00. The van der Waals surface area contributed by atoms with Crippen LogP contribution in [0, 0.1) is 11.3 Å². The zero-order valence-electron chi connectivity index (χ0n) is 11.7. The number of pyridine rings is 1. The van der Waals surface area contributed by atoms with Gasteiger partial charge in [-0.3, -0.25) is 5.41 Å². The van der Waals surface area contributed by atoms with Crippen molar-refractivity contribution in [1.29, 1.82) is 5.41 Å². The molecule has 0 saturated heterocycles. The third-order valence-corrected chi connectivity index (χ3v) is 3.74. The van der Waals surface area contributed by atoms with Gasteiger partial charge in [0.05, 0.1) is 5.56 Å². The van der Waals surface area contributed by atoms with Gasteiger partial charge in [0.25, 0.3) is 0 Å². The molecule has 4 nitrogen and oxygen atoms in total. The van der Waals surface area contributed by atoms with Crippen molar-refractivity contribution in [2.24, 2.45) is 11.7 Å². The Morgan fingerprint density at radius 2 is 2.00 bits per heavy atom. The molecule has 0 aliphatic heterocycles. The molecule has 0 radical (unpaired) electrons. The van der Waals surface area contributed by atoms with E-state index in [1.165, 1.54) is 0 Å². The number of nitrogens with two attached hydrogens (primary N) is 1. The number of amidine groups is 1. The third kappa shape index (κ3) is 3.65. The number of aromatic nitrogens is 1. The molecule has 1 aliphatic rings. The van der Waals surface area contributed by atoms with Gasteiger partial charge >= 0.3 is 6.18 Å². The molecule has 0 bridgehead atoms. The Balaban J connectivity index is 2.32. The summed E-state index contributed by atoms with van der Waals surface area (Å²) in [7, 11) is 0. The first-order valence-electron chi connectivity index (χ1n) is 6.88. The van der Waals surface area contributed by atoms with E-state index in [0.29, 0.717) is 0 Å². The highest BCUT2D eigenvalue weighted by atomic mass is 19.4. The normalized spacial score (nSPS) is 22.9. The van der Waals surface area contributed by atoms with Crippen LogP contribution in [-0.2, 0) is 6.18 Å². The molecule has 1 saturated carbocycles. The maximum absolute atomic E-state index is 12.8. The van der Waals surface area contributed by atoms with E-state index in [1.54, 1.807) is 0 Å². The number of nitrogens with zero attached hydrogens (tertiary/aromatic N) is 1. The second kappa shape index (κ2) is 5.91. The standard InChI is InChI=1S/C14H18F3N3O/c1-8-4-2-3-5-10(8)21-13-9(12(18)19)6-7-11(20-13)14(15,16)17/h6-8,10H,2-5H2,1H3,(H3,18,19). The topological polar surface area (TPSA) is 72.0 Å². The van der Waals surface area contributed by atoms with Crippen LogP contribution in [0.5, 0.6) is 5.88 Å². The van der Waals surface area contributed by atoms with Crippen molar-refractivity contribution >= 4 is 5.84 Å². The molecule has 21 heavy (non-hydrogen) atoms. The first-order chi connectivity index (χ1) is 9.79. The lowest BCUT2D eigenvalue weighted by atomic mass is 9.88. The average molecular weight is 301 g/mol. The van der Waals surface area contributed by atoms with E-state index in [4.69, 9.17) is 15.9 Å². The SMILES string of the molecule is CC1CCCCC1Oc1nc(C(F)(F)F)ccc1C(=N)N. The summed E-state index contributed by atoms with van der Waals surface area (Å²) in [6, 6.07) is 1.95. The minimum absolute atomic E-state index is 0.0979. The van der Waals surface area contributed by atoms with E-state index in [2.05, 4.69) is 4.98 Å². The molecule has 2 atom stereocenters. The highest BCUT2D eigenvalue weighted by Gasteiger charge is 2.34. The predicted octanol–water partition coefficient (Wildman–Crippen LogP) is 3.34. The van der Waals surface area contributed by atoms with Crippen LogP contribution in [0.1, 0.15) is 43.9 Å². The van der Waals surface area contributed by atoms with Gasteiger partial charge in [-0.15, -0.1) is 0 Å². The lowest BCUT2D eigenvalue weighted by Gasteiger charge is -2.29. The van der Waals surface area contributed by atoms with Gasteiger partial charge in [0.1, 0.15) is 17.6 Å². The molecule has 0 spiro atoms. The minimum Gasteiger partial charge on any atom is -0.474 e. The fraction of sp³-hybridized carbons (Fsp3) is 0.571. The summed E-state index contributed by atoms with van der Waals surface area (Å²) in [6.07, 6.45) is -0.922. The van der Waals surface area contributed by atoms with Gasteiger partial charge in [0.2, 0.25) is 5.88 Å². The first kappa shape index (κ1) is 15.6. The molecule has 2 unspecified atom stereocenters. The van der Waals surface area contributed by atoms with E-state index in [9.17, 15) is 13.2 Å². The van der Waals surface area contributed by atoms with E-state index in [1.807, 2.05) is 6.92 Å². The summed E-state index contributed by atoms with van der Waals surface area (Å²) >= 11 is 0. The molecule has 0 aromatic carbocycles. The summed E-state index contributed by atoms with van der Waals surface area (Å²) < 4.78 is 43.9. The summed E-state index contributed by atoms with van der Waals surface area (Å²) in [4.78, 5) is 3.53. The molecule has 2 rings (SSSR count). The molecule has 116 valence electrons. The largest absolute Gasteiger partial charge is 0.474 e. The van der Waals surface area contributed by atoms with Gasteiger partial charge in [-0.1, -0.05) is 13.3 Å². The predicted molar refractivity (Wildman–Crippen MR) is 72.3 cm³/mol. The summed E-state index contributed by atoms with van der Waals surface area (Å²) in [5.74, 6) is -0.305. The number of hydrogen-bond acceptors (Lipinski definition) is 3. The highest BCUT2D eigenvalue weighted by molar-refractivity contribution is 5.97. The van der Waals surface area contributed by atoms with Gasteiger partial charge in [-0.05, 0) is 37.3 Å². The fourth-order valence-corrected chi connectivity index (χ4v) is 2.49. The molecule has 1 aliphatic carbocycles. The Labute approximate surface area is 121 Å². The number of nitrogen functional groups attached to an aromatic ring is 1. The van der Waals surface area contributed by atoms with Crippen molar-refractivity contribution in [2.45, 2.75) is 44.9 Å². The van der Waals surface area contributed by atoms with Crippen LogP contribution in [0.15, 0.2) is 12.1 Å². The smallest absolute Gasteiger partial charge is 0.433 e. The Morgan fingerprint density at radius 3 is 2.57 bits per heavy atom. The van der Waals surface area contributed by atoms with Crippen LogP contribution in [0.25, 0.3) is 0 Å². The van der Waals surface area contributed by atoms with Crippen LogP contribution in [-0.4, -0.2) is 16.9 Å². The van der Waals surface area contributed by atoms with E-state index in [0.717, 1.165) is 37.8 Å². The van der Waals surface area contributed by atoms with Gasteiger partial charge in [-0.25, -0.2) is 4.98 Å². The number of nitrogens with one attached hydrogen (secondary N) is 1. The number of rotatable bonds is 3. The average Bonchev–Trinajstić information content (AvgIpc) is 2.40. The van der Waals surface area contributed by atoms with Crippen LogP contribution in [0.4, 0.5) is 13.2 Å². The lowest BCUT2D eigenvalue weighted by Crippen LogP contribution is -2.30. The Hall–Kier alpha value is -1.79. The third-order valence-electron chi connectivity index (χ3n) is 3.74. The second-order valence-electron chi connectivity index (χ2n) is 5.38. The monoisotopic (exact) mass is 301 g/mol. The molecule has 0 amide bonds. The van der Waals surface area contributed by atoms with Crippen molar-refractivity contribution in [1.82, 2.24) is 4.98 Å². The molecule has 1 aromatic heterocycles. The van der Waals surface area contributed by atoms with Crippen molar-refractivity contribution in [3.8, 4) is 5.88 Å². The molecular weight excluding hydrogens is 283 g/mol. The molecular formula is C14H18F3N3O. The van der Waals surface area contributed by atoms with Crippen molar-refractivity contribution < 1.29 is 17.9 Å². The van der Waals surface area contributed by atoms with Crippen molar-refractivity contribution in [3.63, 3.8) is 0 Å². The molecule has 1 aromatic rings. The summed E-state index contributed by atoms with van der Waals surface area (Å²) in [5.41, 5.74) is 4.46. The highest BCUT2D eigenvalue weighted by Crippen LogP contribution is 2.32. The molecule has 1 fully saturated rings. The van der Waals surface area contributed by atoms with Crippen molar-refractivity contribution in [3.05, 3.63) is 23.4 Å². The van der Waals surface area contributed by atoms with Crippen LogP contribution < -0.4 is 10.5 Å². The molecule has 3 N–H and O–H groups in total. The van der Waals surface area contributed by atoms with Crippen molar-refractivity contribution in [2.75, 3.05) is 0 Å². The second-order valence-corrected chi connectivity index (χ2v) is 5.38. The number of halogens is 3. The zero-order chi connectivity index (χ0) is 15.6. The van der Waals surface area contributed by atoms with Gasteiger partial charge < -0.3 is 10.5 Å². The quantitative estimate of drug-likeness (QED) is 0.664. The van der Waals surface area contributed by atoms with E-state index < -0.39 is 11.9 Å². The van der Waals surface area contributed by atoms with Gasteiger partial charge in [0, 0.05) is 0 Å².